The maximum atomic E-state index is 13.1. The minimum absolute atomic E-state index is 0.147. The van der Waals surface area contributed by atoms with E-state index in [9.17, 15) is 13.2 Å². The van der Waals surface area contributed by atoms with E-state index in [2.05, 4.69) is 10.2 Å². The van der Waals surface area contributed by atoms with Gasteiger partial charge in [-0.05, 0) is 42.8 Å². The van der Waals surface area contributed by atoms with Crippen LogP contribution in [0.1, 0.15) is 12.5 Å². The van der Waals surface area contributed by atoms with E-state index in [0.29, 0.717) is 44.2 Å². The fourth-order valence-electron chi connectivity index (χ4n) is 3.92. The molecule has 10 heteroatoms. The van der Waals surface area contributed by atoms with Crippen molar-refractivity contribution in [3.63, 3.8) is 0 Å². The average molecular weight is 445 g/mol. The minimum atomic E-state index is -3.67. The highest BCUT2D eigenvalue weighted by Crippen LogP contribution is 2.34. The zero-order valence-corrected chi connectivity index (χ0v) is 17.9. The summed E-state index contributed by atoms with van der Waals surface area (Å²) >= 11 is 0. The molecule has 0 aromatic heterocycles. The molecule has 2 aromatic carbocycles. The fraction of sp³-hybridized carbons (Fsp3) is 0.381. The molecule has 3 aliphatic heterocycles. The Morgan fingerprint density at radius 3 is 2.55 bits per heavy atom. The van der Waals surface area contributed by atoms with E-state index in [1.165, 1.54) is 16.4 Å². The molecule has 0 saturated carbocycles. The van der Waals surface area contributed by atoms with Gasteiger partial charge >= 0.3 is 0 Å². The van der Waals surface area contributed by atoms with Gasteiger partial charge in [0, 0.05) is 32.7 Å². The number of anilines is 1. The lowest BCUT2D eigenvalue weighted by atomic mass is 10.2. The summed E-state index contributed by atoms with van der Waals surface area (Å²) in [6.45, 7) is 4.63. The highest BCUT2D eigenvalue weighted by molar-refractivity contribution is 7.89. The summed E-state index contributed by atoms with van der Waals surface area (Å²) < 4.78 is 44.0. The Morgan fingerprint density at radius 1 is 1.00 bits per heavy atom. The van der Waals surface area contributed by atoms with E-state index >= 15 is 0 Å². The van der Waals surface area contributed by atoms with E-state index in [1.807, 2.05) is 18.2 Å². The van der Waals surface area contributed by atoms with Crippen molar-refractivity contribution in [3.05, 3.63) is 42.0 Å². The molecule has 0 aliphatic carbocycles. The molecule has 2 aromatic rings. The van der Waals surface area contributed by atoms with Crippen molar-refractivity contribution < 1.29 is 27.4 Å². The van der Waals surface area contributed by atoms with Crippen LogP contribution < -0.4 is 19.5 Å². The van der Waals surface area contributed by atoms with Gasteiger partial charge in [0.15, 0.2) is 17.6 Å². The predicted molar refractivity (Wildman–Crippen MR) is 112 cm³/mol. The number of benzene rings is 2. The maximum Gasteiger partial charge on any atom is 0.265 e. The van der Waals surface area contributed by atoms with Crippen LogP contribution in [-0.4, -0.2) is 62.6 Å². The number of ether oxygens (including phenoxy) is 3. The van der Waals surface area contributed by atoms with Crippen molar-refractivity contribution in [2.45, 2.75) is 24.5 Å². The summed E-state index contributed by atoms with van der Waals surface area (Å²) in [6, 6.07) is 10.5. The molecule has 1 unspecified atom stereocenters. The number of nitrogens with zero attached hydrogens (tertiary/aromatic N) is 2. The summed E-state index contributed by atoms with van der Waals surface area (Å²) in [4.78, 5) is 14.2. The normalized spacial score (nSPS) is 21.3. The number of rotatable bonds is 4. The smallest absolute Gasteiger partial charge is 0.265 e. The number of hydrogen-bond acceptors (Lipinski definition) is 7. The Morgan fingerprint density at radius 2 is 1.74 bits per heavy atom. The number of hydrogen-bond donors (Lipinski definition) is 1. The van der Waals surface area contributed by atoms with E-state index in [-0.39, 0.29) is 17.6 Å². The number of carbonyl (C=O) groups is 1. The van der Waals surface area contributed by atoms with Gasteiger partial charge < -0.3 is 19.5 Å². The molecule has 0 spiro atoms. The summed E-state index contributed by atoms with van der Waals surface area (Å²) in [5, 5.41) is 2.70. The number of fused-ring (bicyclic) bond motifs is 2. The molecule has 164 valence electrons. The number of carbonyl (C=O) groups excluding carboxylic acids is 1. The van der Waals surface area contributed by atoms with Crippen molar-refractivity contribution in [2.75, 3.05) is 38.3 Å². The second-order valence-electron chi connectivity index (χ2n) is 7.78. The summed E-state index contributed by atoms with van der Waals surface area (Å²) in [7, 11) is -3.67. The molecule has 1 atom stereocenters. The molecular formula is C21H23N3O6S. The lowest BCUT2D eigenvalue weighted by molar-refractivity contribution is -0.122. The lowest BCUT2D eigenvalue weighted by Gasteiger charge is -2.34. The van der Waals surface area contributed by atoms with Crippen LogP contribution in [0.2, 0.25) is 0 Å². The standard InChI is InChI=1S/C21H23N3O6S/c1-14-21(25)22-17-11-16(3-5-18(17)30-14)31(26,27)24-8-6-23(7-9-24)12-15-2-4-19-20(10-15)29-13-28-19/h2-5,10-11,14H,6-9,12-13H2,1H3,(H,22,25). The van der Waals surface area contributed by atoms with Gasteiger partial charge in [0.1, 0.15) is 5.75 Å². The summed E-state index contributed by atoms with van der Waals surface area (Å²) in [6.07, 6.45) is -0.604. The van der Waals surface area contributed by atoms with Gasteiger partial charge in [-0.2, -0.15) is 4.31 Å². The third kappa shape index (κ3) is 3.82. The summed E-state index contributed by atoms with van der Waals surface area (Å²) in [5.41, 5.74) is 1.48. The monoisotopic (exact) mass is 445 g/mol. The Bertz CT molecular complexity index is 1130. The zero-order chi connectivity index (χ0) is 21.6. The van der Waals surface area contributed by atoms with Gasteiger partial charge in [-0.15, -0.1) is 0 Å². The van der Waals surface area contributed by atoms with E-state index in [1.54, 1.807) is 13.0 Å². The quantitative estimate of drug-likeness (QED) is 0.764. The molecule has 0 bridgehead atoms. The second-order valence-corrected chi connectivity index (χ2v) is 9.71. The molecule has 5 rings (SSSR count). The molecule has 1 N–H and O–H groups in total. The molecule has 0 radical (unpaired) electrons. The van der Waals surface area contributed by atoms with Gasteiger partial charge in [0.05, 0.1) is 10.6 Å². The zero-order valence-electron chi connectivity index (χ0n) is 17.0. The third-order valence-corrected chi connectivity index (χ3v) is 7.59. The van der Waals surface area contributed by atoms with Crippen LogP contribution in [0.15, 0.2) is 41.3 Å². The Balaban J connectivity index is 1.25. The summed E-state index contributed by atoms with van der Waals surface area (Å²) in [5.74, 6) is 1.68. The van der Waals surface area contributed by atoms with Crippen LogP contribution in [0.25, 0.3) is 0 Å². The first-order valence-electron chi connectivity index (χ1n) is 10.1. The first-order chi connectivity index (χ1) is 14.9. The second kappa shape index (κ2) is 7.70. The van der Waals surface area contributed by atoms with Crippen molar-refractivity contribution in [2.24, 2.45) is 0 Å². The maximum absolute atomic E-state index is 13.1. The molecule has 1 amide bonds. The first-order valence-corrected chi connectivity index (χ1v) is 11.6. The van der Waals surface area contributed by atoms with Crippen molar-refractivity contribution in [1.29, 1.82) is 0 Å². The van der Waals surface area contributed by atoms with Gasteiger partial charge in [0.2, 0.25) is 16.8 Å². The number of amides is 1. The molecular weight excluding hydrogens is 422 g/mol. The molecule has 3 heterocycles. The highest BCUT2D eigenvalue weighted by Gasteiger charge is 2.31. The Kier molecular flexibility index (Phi) is 4.99. The van der Waals surface area contributed by atoms with Gasteiger partial charge in [0.25, 0.3) is 5.91 Å². The first kappa shape index (κ1) is 20.1. The van der Waals surface area contributed by atoms with Gasteiger partial charge in [-0.1, -0.05) is 6.07 Å². The molecule has 1 saturated heterocycles. The van der Waals surface area contributed by atoms with Crippen LogP contribution >= 0.6 is 0 Å². The number of piperazine rings is 1. The van der Waals surface area contributed by atoms with Crippen LogP contribution in [-0.2, 0) is 21.4 Å². The van der Waals surface area contributed by atoms with Crippen LogP contribution in [0, 0.1) is 0 Å². The van der Waals surface area contributed by atoms with Crippen LogP contribution in [0.5, 0.6) is 17.2 Å². The lowest BCUT2D eigenvalue weighted by Crippen LogP contribution is -2.48. The molecule has 9 nitrogen and oxygen atoms in total. The largest absolute Gasteiger partial charge is 0.479 e. The number of nitrogens with one attached hydrogen (secondary N) is 1. The SMILES string of the molecule is CC1Oc2ccc(S(=O)(=O)N3CCN(Cc4ccc5c(c4)OCO5)CC3)cc2NC1=O. The van der Waals surface area contributed by atoms with E-state index in [4.69, 9.17) is 14.2 Å². The Labute approximate surface area is 180 Å². The van der Waals surface area contributed by atoms with Crippen LogP contribution in [0.3, 0.4) is 0 Å². The molecule has 3 aliphatic rings. The molecule has 1 fully saturated rings. The highest BCUT2D eigenvalue weighted by atomic mass is 32.2. The van der Waals surface area contributed by atoms with Crippen molar-refractivity contribution in [1.82, 2.24) is 9.21 Å². The van der Waals surface area contributed by atoms with E-state index < -0.39 is 16.1 Å². The average Bonchev–Trinajstić information content (AvgIpc) is 3.22. The van der Waals surface area contributed by atoms with Gasteiger partial charge in [-0.25, -0.2) is 8.42 Å². The Hall–Kier alpha value is -2.82. The third-order valence-electron chi connectivity index (χ3n) is 5.69. The van der Waals surface area contributed by atoms with Crippen molar-refractivity contribution >= 4 is 21.6 Å². The van der Waals surface area contributed by atoms with E-state index in [0.717, 1.165) is 17.1 Å². The topological polar surface area (TPSA) is 97.4 Å². The van der Waals surface area contributed by atoms with Gasteiger partial charge in [-0.3, -0.25) is 9.69 Å². The fourth-order valence-corrected chi connectivity index (χ4v) is 5.37. The predicted octanol–water partition coefficient (Wildman–Crippen LogP) is 1.64. The minimum Gasteiger partial charge on any atom is -0.479 e. The van der Waals surface area contributed by atoms with Crippen molar-refractivity contribution in [3.8, 4) is 17.2 Å². The number of sulfonamides is 1. The molecule has 31 heavy (non-hydrogen) atoms. The van der Waals surface area contributed by atoms with Crippen LogP contribution in [0.4, 0.5) is 5.69 Å².